The quantitative estimate of drug-likeness (QED) is 0.869. The van der Waals surface area contributed by atoms with Crippen LogP contribution in [0.1, 0.15) is 22.5 Å². The molecular weight excluding hydrogens is 258 g/mol. The number of hydrogen-bond donors (Lipinski definition) is 2. The topological polar surface area (TPSA) is 84.2 Å². The first kappa shape index (κ1) is 13.8. The molecule has 0 aliphatic carbocycles. The number of carbonyl (C=O) groups is 2. The normalized spacial score (nSPS) is 10.1. The predicted octanol–water partition coefficient (Wildman–Crippen LogP) is 1.74. The van der Waals surface area contributed by atoms with Gasteiger partial charge in [-0.25, -0.2) is 0 Å². The zero-order valence-electron chi connectivity index (χ0n) is 11.1. The second-order valence-corrected chi connectivity index (χ2v) is 4.30. The molecule has 6 nitrogen and oxygen atoms in total. The monoisotopic (exact) mass is 273 g/mol. The lowest BCUT2D eigenvalue weighted by molar-refractivity contribution is -0.116. The van der Waals surface area contributed by atoms with Gasteiger partial charge in [-0.3, -0.25) is 9.59 Å². The molecule has 1 heterocycles. The van der Waals surface area contributed by atoms with Gasteiger partial charge in [0.05, 0.1) is 6.20 Å². The van der Waals surface area contributed by atoms with E-state index >= 15 is 0 Å². The highest BCUT2D eigenvalue weighted by Gasteiger charge is 2.09. The van der Waals surface area contributed by atoms with E-state index in [2.05, 4.69) is 15.8 Å². The van der Waals surface area contributed by atoms with Crippen molar-refractivity contribution in [2.75, 3.05) is 11.9 Å². The lowest BCUT2D eigenvalue weighted by atomic mass is 10.2. The molecular formula is C14H15N3O3. The van der Waals surface area contributed by atoms with Crippen LogP contribution >= 0.6 is 0 Å². The van der Waals surface area contributed by atoms with E-state index in [9.17, 15) is 9.59 Å². The van der Waals surface area contributed by atoms with Crippen molar-refractivity contribution in [3.8, 4) is 0 Å². The number of anilines is 1. The summed E-state index contributed by atoms with van der Waals surface area (Å²) in [5, 5.41) is 8.78. The Bertz CT molecular complexity index is 593. The van der Waals surface area contributed by atoms with Crippen LogP contribution in [0.25, 0.3) is 0 Å². The van der Waals surface area contributed by atoms with Gasteiger partial charge in [0.15, 0.2) is 0 Å². The summed E-state index contributed by atoms with van der Waals surface area (Å²) in [5.74, 6) is -0.414. The van der Waals surface area contributed by atoms with Crippen molar-refractivity contribution >= 4 is 17.5 Å². The highest BCUT2D eigenvalue weighted by Crippen LogP contribution is 2.09. The molecule has 0 bridgehead atoms. The van der Waals surface area contributed by atoms with Gasteiger partial charge in [-0.05, 0) is 24.6 Å². The van der Waals surface area contributed by atoms with Crippen LogP contribution in [0.5, 0.6) is 0 Å². The molecule has 0 unspecified atom stereocenters. The molecule has 2 amide bonds. The fourth-order valence-corrected chi connectivity index (χ4v) is 1.66. The standard InChI is InChI=1S/C14H15N3O3/c1-10-3-2-4-11(9-10)17-13(18)6-7-15-14(19)12-5-8-16-20-12/h2-5,8-9H,6-7H2,1H3,(H,15,19)(H,17,18). The van der Waals surface area contributed by atoms with Gasteiger partial charge in [0.2, 0.25) is 11.7 Å². The summed E-state index contributed by atoms with van der Waals surface area (Å²) in [6, 6.07) is 8.98. The van der Waals surface area contributed by atoms with Crippen molar-refractivity contribution in [3.05, 3.63) is 47.9 Å². The van der Waals surface area contributed by atoms with Gasteiger partial charge < -0.3 is 15.2 Å². The largest absolute Gasteiger partial charge is 0.351 e. The molecule has 0 atom stereocenters. The average Bonchev–Trinajstić information content (AvgIpc) is 2.92. The van der Waals surface area contributed by atoms with E-state index in [1.54, 1.807) is 0 Å². The number of aromatic nitrogens is 1. The fraction of sp³-hybridized carbons (Fsp3) is 0.214. The lowest BCUT2D eigenvalue weighted by Gasteiger charge is -2.06. The average molecular weight is 273 g/mol. The van der Waals surface area contributed by atoms with Gasteiger partial charge in [0.25, 0.3) is 5.91 Å². The van der Waals surface area contributed by atoms with Crippen LogP contribution in [0, 0.1) is 6.92 Å². The molecule has 2 rings (SSSR count). The molecule has 1 aromatic carbocycles. The van der Waals surface area contributed by atoms with Crippen LogP contribution in [0.4, 0.5) is 5.69 Å². The number of rotatable bonds is 5. The lowest BCUT2D eigenvalue weighted by Crippen LogP contribution is -2.27. The van der Waals surface area contributed by atoms with Gasteiger partial charge in [-0.15, -0.1) is 0 Å². The Balaban J connectivity index is 1.74. The molecule has 2 N–H and O–H groups in total. The fourth-order valence-electron chi connectivity index (χ4n) is 1.66. The first-order valence-corrected chi connectivity index (χ1v) is 6.20. The Hall–Kier alpha value is -2.63. The van der Waals surface area contributed by atoms with Gasteiger partial charge in [-0.1, -0.05) is 17.3 Å². The van der Waals surface area contributed by atoms with Crippen molar-refractivity contribution < 1.29 is 14.1 Å². The highest BCUT2D eigenvalue weighted by molar-refractivity contribution is 5.93. The Morgan fingerprint density at radius 3 is 2.85 bits per heavy atom. The highest BCUT2D eigenvalue weighted by atomic mass is 16.5. The zero-order chi connectivity index (χ0) is 14.4. The molecule has 0 aliphatic heterocycles. The maximum atomic E-state index is 11.7. The van der Waals surface area contributed by atoms with Crippen LogP contribution in [0.3, 0.4) is 0 Å². The van der Waals surface area contributed by atoms with Crippen molar-refractivity contribution in [2.45, 2.75) is 13.3 Å². The molecule has 20 heavy (non-hydrogen) atoms. The molecule has 2 aromatic rings. The van der Waals surface area contributed by atoms with Crippen LogP contribution in [-0.2, 0) is 4.79 Å². The summed E-state index contributed by atoms with van der Waals surface area (Å²) in [4.78, 5) is 23.2. The molecule has 0 saturated carbocycles. The Kier molecular flexibility index (Phi) is 4.49. The van der Waals surface area contributed by atoms with Gasteiger partial charge in [0, 0.05) is 24.7 Å². The van der Waals surface area contributed by atoms with Crippen molar-refractivity contribution in [2.24, 2.45) is 0 Å². The predicted molar refractivity (Wildman–Crippen MR) is 73.3 cm³/mol. The SMILES string of the molecule is Cc1cccc(NC(=O)CCNC(=O)c2ccno2)c1. The Labute approximate surface area is 116 Å². The third-order valence-electron chi connectivity index (χ3n) is 2.60. The zero-order valence-corrected chi connectivity index (χ0v) is 11.1. The van der Waals surface area contributed by atoms with Crippen LogP contribution in [0.15, 0.2) is 41.1 Å². The molecule has 0 fully saturated rings. The van der Waals surface area contributed by atoms with E-state index in [4.69, 9.17) is 4.52 Å². The summed E-state index contributed by atoms with van der Waals surface area (Å²) < 4.78 is 4.70. The summed E-state index contributed by atoms with van der Waals surface area (Å²) in [6.45, 7) is 2.18. The van der Waals surface area contributed by atoms with Crippen molar-refractivity contribution in [1.29, 1.82) is 0 Å². The van der Waals surface area contributed by atoms with Crippen molar-refractivity contribution in [1.82, 2.24) is 10.5 Å². The smallest absolute Gasteiger partial charge is 0.289 e. The Morgan fingerprint density at radius 1 is 1.30 bits per heavy atom. The van der Waals surface area contributed by atoms with E-state index in [-0.39, 0.29) is 30.5 Å². The van der Waals surface area contributed by atoms with Crippen LogP contribution in [0.2, 0.25) is 0 Å². The molecule has 0 saturated heterocycles. The van der Waals surface area contributed by atoms with Gasteiger partial charge >= 0.3 is 0 Å². The number of nitrogens with zero attached hydrogens (tertiary/aromatic N) is 1. The summed E-state index contributed by atoms with van der Waals surface area (Å²) in [7, 11) is 0. The number of benzene rings is 1. The van der Waals surface area contributed by atoms with E-state index in [0.717, 1.165) is 11.3 Å². The molecule has 104 valence electrons. The molecule has 0 spiro atoms. The molecule has 0 aliphatic rings. The molecule has 6 heteroatoms. The van der Waals surface area contributed by atoms with E-state index in [0.29, 0.717) is 0 Å². The number of amides is 2. The van der Waals surface area contributed by atoms with Crippen LogP contribution in [-0.4, -0.2) is 23.5 Å². The second kappa shape index (κ2) is 6.51. The van der Waals surface area contributed by atoms with E-state index in [1.165, 1.54) is 12.3 Å². The number of hydrogen-bond acceptors (Lipinski definition) is 4. The first-order valence-electron chi connectivity index (χ1n) is 6.20. The minimum atomic E-state index is -0.383. The number of aryl methyl sites for hydroxylation is 1. The van der Waals surface area contributed by atoms with Gasteiger partial charge in [-0.2, -0.15) is 0 Å². The van der Waals surface area contributed by atoms with E-state index in [1.807, 2.05) is 31.2 Å². The van der Waals surface area contributed by atoms with E-state index < -0.39 is 0 Å². The second-order valence-electron chi connectivity index (χ2n) is 4.30. The summed E-state index contributed by atoms with van der Waals surface area (Å²) in [5.41, 5.74) is 1.82. The molecule has 1 aromatic heterocycles. The van der Waals surface area contributed by atoms with Crippen molar-refractivity contribution in [3.63, 3.8) is 0 Å². The number of carbonyl (C=O) groups excluding carboxylic acids is 2. The first-order chi connectivity index (χ1) is 9.65. The number of nitrogens with one attached hydrogen (secondary N) is 2. The molecule has 0 radical (unpaired) electrons. The Morgan fingerprint density at radius 2 is 2.15 bits per heavy atom. The minimum absolute atomic E-state index is 0.129. The van der Waals surface area contributed by atoms with Gasteiger partial charge in [0.1, 0.15) is 0 Å². The minimum Gasteiger partial charge on any atom is -0.351 e. The van der Waals surface area contributed by atoms with Crippen LogP contribution < -0.4 is 10.6 Å². The summed E-state index contributed by atoms with van der Waals surface area (Å²) in [6.07, 6.45) is 1.58. The third-order valence-corrected chi connectivity index (χ3v) is 2.60. The summed E-state index contributed by atoms with van der Waals surface area (Å²) >= 11 is 0. The third kappa shape index (κ3) is 3.94. The maximum absolute atomic E-state index is 11.7. The maximum Gasteiger partial charge on any atom is 0.289 e.